The lowest BCUT2D eigenvalue weighted by Gasteiger charge is -2.31. The number of nitrogens with two attached hydrogens (primary N) is 1. The van der Waals surface area contributed by atoms with Gasteiger partial charge >= 0.3 is 0 Å². The van der Waals surface area contributed by atoms with Gasteiger partial charge in [-0.3, -0.25) is 9.69 Å². The minimum Gasteiger partial charge on any atom is -0.457 e. The molecule has 0 spiro atoms. The number of nitrogens with one attached hydrogen (secondary N) is 1. The molecule has 0 aliphatic heterocycles. The summed E-state index contributed by atoms with van der Waals surface area (Å²) in [5.74, 6) is 2.61. The average Bonchev–Trinajstić information content (AvgIpc) is 3.37. The molecule has 2 aromatic heterocycles. The summed E-state index contributed by atoms with van der Waals surface area (Å²) in [6, 6.07) is 17.6. The lowest BCUT2D eigenvalue weighted by atomic mass is 9.91. The number of fused-ring (bicyclic) bond motifs is 1. The molecule has 1 atom stereocenters. The average molecular weight is 528 g/mol. The van der Waals surface area contributed by atoms with Gasteiger partial charge in [0.05, 0.1) is 23.7 Å². The molecule has 0 bridgehead atoms. The van der Waals surface area contributed by atoms with Gasteiger partial charge in [-0.1, -0.05) is 31.5 Å². The summed E-state index contributed by atoms with van der Waals surface area (Å²) in [5, 5.41) is 8.69. The van der Waals surface area contributed by atoms with Gasteiger partial charge < -0.3 is 15.8 Å². The van der Waals surface area contributed by atoms with Crippen LogP contribution in [0.2, 0.25) is 0 Å². The van der Waals surface area contributed by atoms with Crippen molar-refractivity contribution in [2.24, 2.45) is 0 Å². The molecule has 2 aromatic carbocycles. The van der Waals surface area contributed by atoms with Crippen molar-refractivity contribution in [1.82, 2.24) is 30.0 Å². The molecule has 2 heterocycles. The van der Waals surface area contributed by atoms with Crippen molar-refractivity contribution in [3.05, 3.63) is 60.8 Å². The molecular formula is C30H37N7O2. The molecular weight excluding hydrogens is 490 g/mol. The first-order valence-corrected chi connectivity index (χ1v) is 13.7. The molecule has 1 aliphatic carbocycles. The Morgan fingerprint density at radius 1 is 1.05 bits per heavy atom. The fourth-order valence-corrected chi connectivity index (χ4v) is 5.30. The van der Waals surface area contributed by atoms with Gasteiger partial charge in [-0.2, -0.15) is 5.10 Å². The highest BCUT2D eigenvalue weighted by Crippen LogP contribution is 2.33. The first kappa shape index (κ1) is 26.6. The minimum absolute atomic E-state index is 0.0835. The van der Waals surface area contributed by atoms with E-state index in [1.165, 1.54) is 0 Å². The van der Waals surface area contributed by atoms with Crippen molar-refractivity contribution in [2.75, 3.05) is 19.8 Å². The van der Waals surface area contributed by atoms with Gasteiger partial charge in [-0.25, -0.2) is 14.6 Å². The van der Waals surface area contributed by atoms with Gasteiger partial charge in [0, 0.05) is 11.6 Å². The van der Waals surface area contributed by atoms with Crippen LogP contribution in [-0.2, 0) is 4.79 Å². The van der Waals surface area contributed by atoms with Crippen molar-refractivity contribution < 1.29 is 9.53 Å². The zero-order valence-electron chi connectivity index (χ0n) is 22.9. The molecule has 204 valence electrons. The summed E-state index contributed by atoms with van der Waals surface area (Å²) in [5.41, 5.74) is 7.94. The Labute approximate surface area is 229 Å². The third kappa shape index (κ3) is 6.04. The topological polar surface area (TPSA) is 111 Å². The van der Waals surface area contributed by atoms with Crippen molar-refractivity contribution in [3.63, 3.8) is 0 Å². The van der Waals surface area contributed by atoms with Crippen LogP contribution in [0.4, 0.5) is 5.82 Å². The third-order valence-corrected chi connectivity index (χ3v) is 7.45. The largest absolute Gasteiger partial charge is 0.457 e. The molecule has 1 saturated carbocycles. The van der Waals surface area contributed by atoms with Crippen LogP contribution in [0.25, 0.3) is 22.4 Å². The predicted molar refractivity (Wildman–Crippen MR) is 154 cm³/mol. The van der Waals surface area contributed by atoms with Crippen LogP contribution in [-0.4, -0.2) is 56.7 Å². The van der Waals surface area contributed by atoms with Gasteiger partial charge in [0.1, 0.15) is 17.3 Å². The van der Waals surface area contributed by atoms with Gasteiger partial charge in [-0.15, -0.1) is 0 Å². The normalized spacial score (nSPS) is 18.3. The van der Waals surface area contributed by atoms with Crippen molar-refractivity contribution in [1.29, 1.82) is 0 Å². The summed E-state index contributed by atoms with van der Waals surface area (Å²) in [4.78, 5) is 24.3. The number of para-hydroxylation sites is 1. The number of rotatable bonds is 9. The zero-order chi connectivity index (χ0) is 27.4. The Balaban J connectivity index is 1.28. The van der Waals surface area contributed by atoms with Crippen LogP contribution in [0.3, 0.4) is 0 Å². The highest BCUT2D eigenvalue weighted by molar-refractivity contribution is 5.87. The van der Waals surface area contributed by atoms with Crippen LogP contribution in [0.15, 0.2) is 60.8 Å². The Kier molecular flexibility index (Phi) is 8.07. The number of benzene rings is 2. The number of nitrogen functional groups attached to an aromatic ring is 1. The standard InChI is InChI=1S/C30H37N7O2/c1-4-8-26(36(2)3)30(38)33-21-13-15-22(16-14-21)37-29-25(19-32-37)27(31)34-28(35-29)20-11-17-24(18-12-20)39-23-9-6-5-7-10-23/h5-7,9-12,17-19,21-22,26H,4,8,13-16H2,1-3H3,(H,33,38)(H2,31,34,35)/t21?,22?,26-/m1/s1. The Morgan fingerprint density at radius 2 is 1.74 bits per heavy atom. The van der Waals surface area contributed by atoms with E-state index in [0.29, 0.717) is 11.6 Å². The lowest BCUT2D eigenvalue weighted by Crippen LogP contribution is -2.48. The van der Waals surface area contributed by atoms with E-state index >= 15 is 0 Å². The van der Waals surface area contributed by atoms with Gasteiger partial charge in [0.25, 0.3) is 0 Å². The Morgan fingerprint density at radius 3 is 2.41 bits per heavy atom. The second kappa shape index (κ2) is 11.8. The van der Waals surface area contributed by atoms with Crippen LogP contribution in [0.5, 0.6) is 11.5 Å². The molecule has 9 nitrogen and oxygen atoms in total. The molecule has 39 heavy (non-hydrogen) atoms. The van der Waals surface area contributed by atoms with E-state index < -0.39 is 0 Å². The number of aromatic nitrogens is 4. The quantitative estimate of drug-likeness (QED) is 0.308. The molecule has 0 radical (unpaired) electrons. The smallest absolute Gasteiger partial charge is 0.237 e. The second-order valence-electron chi connectivity index (χ2n) is 10.5. The van der Waals surface area contributed by atoms with Crippen LogP contribution in [0.1, 0.15) is 51.5 Å². The number of hydrogen-bond acceptors (Lipinski definition) is 7. The summed E-state index contributed by atoms with van der Waals surface area (Å²) in [6.07, 6.45) is 7.22. The zero-order valence-corrected chi connectivity index (χ0v) is 22.9. The number of anilines is 1. The maximum absolute atomic E-state index is 12.8. The fourth-order valence-electron chi connectivity index (χ4n) is 5.30. The lowest BCUT2D eigenvalue weighted by molar-refractivity contribution is -0.126. The number of likely N-dealkylation sites (N-methyl/N-ethyl adjacent to an activating group) is 1. The van der Waals surface area contributed by atoms with E-state index in [0.717, 1.165) is 66.6 Å². The summed E-state index contributed by atoms with van der Waals surface area (Å²) in [7, 11) is 3.93. The van der Waals surface area contributed by atoms with Crippen LogP contribution < -0.4 is 15.8 Å². The van der Waals surface area contributed by atoms with Gasteiger partial charge in [0.15, 0.2) is 11.5 Å². The molecule has 1 aliphatic rings. The Hall–Kier alpha value is -3.98. The molecule has 4 aromatic rings. The summed E-state index contributed by atoms with van der Waals surface area (Å²) in [6.45, 7) is 2.11. The molecule has 1 amide bonds. The number of hydrogen-bond donors (Lipinski definition) is 2. The first-order chi connectivity index (χ1) is 18.9. The molecule has 9 heteroatoms. The monoisotopic (exact) mass is 527 g/mol. The van der Waals surface area contributed by atoms with E-state index in [1.807, 2.05) is 78.3 Å². The number of ether oxygens (including phenoxy) is 1. The van der Waals surface area contributed by atoms with Gasteiger partial charge in [-0.05, 0) is 82.6 Å². The molecule has 3 N–H and O–H groups in total. The highest BCUT2D eigenvalue weighted by Gasteiger charge is 2.28. The molecule has 0 unspecified atom stereocenters. The number of carbonyl (C=O) groups is 1. The van der Waals surface area contributed by atoms with E-state index in [9.17, 15) is 4.79 Å². The van der Waals surface area contributed by atoms with Crippen LogP contribution in [0, 0.1) is 0 Å². The van der Waals surface area contributed by atoms with Crippen molar-refractivity contribution in [2.45, 2.75) is 63.6 Å². The fraction of sp³-hybridized carbons (Fsp3) is 0.400. The maximum atomic E-state index is 12.8. The predicted octanol–water partition coefficient (Wildman–Crippen LogP) is 5.20. The number of nitrogens with zero attached hydrogens (tertiary/aromatic N) is 5. The van der Waals surface area contributed by atoms with Crippen molar-refractivity contribution in [3.8, 4) is 22.9 Å². The van der Waals surface area contributed by atoms with E-state index in [4.69, 9.17) is 15.5 Å². The van der Waals surface area contributed by atoms with Gasteiger partial charge in [0.2, 0.25) is 5.91 Å². The Bertz CT molecular complexity index is 1390. The number of amides is 1. The number of carbonyl (C=O) groups excluding carboxylic acids is 1. The maximum Gasteiger partial charge on any atom is 0.237 e. The summed E-state index contributed by atoms with van der Waals surface area (Å²) >= 11 is 0. The second-order valence-corrected chi connectivity index (χ2v) is 10.5. The first-order valence-electron chi connectivity index (χ1n) is 13.7. The van der Waals surface area contributed by atoms with E-state index in [1.54, 1.807) is 6.20 Å². The van der Waals surface area contributed by atoms with E-state index in [-0.39, 0.29) is 24.0 Å². The third-order valence-electron chi connectivity index (χ3n) is 7.45. The SMILES string of the molecule is CCC[C@H](C(=O)NC1CCC(n2ncc3c(N)nc(-c4ccc(Oc5ccccc5)cc4)nc32)CC1)N(C)C. The molecule has 1 fully saturated rings. The summed E-state index contributed by atoms with van der Waals surface area (Å²) < 4.78 is 7.90. The minimum atomic E-state index is -0.0835. The van der Waals surface area contributed by atoms with Crippen LogP contribution >= 0.6 is 0 Å². The molecule has 5 rings (SSSR count). The highest BCUT2D eigenvalue weighted by atomic mass is 16.5. The molecule has 0 saturated heterocycles. The van der Waals surface area contributed by atoms with E-state index in [2.05, 4.69) is 22.3 Å². The van der Waals surface area contributed by atoms with Crippen molar-refractivity contribution >= 4 is 22.8 Å².